The fourth-order valence-corrected chi connectivity index (χ4v) is 10.0. The summed E-state index contributed by atoms with van der Waals surface area (Å²) in [6, 6.07) is 14.6. The van der Waals surface area contributed by atoms with Crippen molar-refractivity contribution in [1.29, 1.82) is 0 Å². The topological polar surface area (TPSA) is 78.9 Å². The summed E-state index contributed by atoms with van der Waals surface area (Å²) in [6.45, 7) is 0. The second-order valence-corrected chi connectivity index (χ2v) is 12.0. The number of carbonyl (C=O) groups excluding carboxylic acids is 3. The lowest BCUT2D eigenvalue weighted by Crippen LogP contribution is -2.75. The molecule has 0 saturated heterocycles. The normalized spacial score (nSPS) is 33.6. The average Bonchev–Trinajstić information content (AvgIpc) is 3.47. The van der Waals surface area contributed by atoms with Crippen LogP contribution in [0.3, 0.4) is 0 Å². The predicted molar refractivity (Wildman–Crippen MR) is 140 cm³/mol. The smallest absolute Gasteiger partial charge is 0.312 e. The Kier molecular flexibility index (Phi) is 6.94. The number of methoxy groups -OCH3 is 3. The monoisotopic (exact) mass is 524 g/mol. The van der Waals surface area contributed by atoms with E-state index in [1.165, 1.54) is 21.3 Å². The third-order valence-corrected chi connectivity index (χ3v) is 10.9. The van der Waals surface area contributed by atoms with Gasteiger partial charge in [0.15, 0.2) is 0 Å². The molecule has 0 amide bonds. The lowest BCUT2D eigenvalue weighted by Gasteiger charge is -2.74. The second kappa shape index (κ2) is 9.90. The molecule has 0 N–H and O–H groups in total. The number of thiophene rings is 1. The highest BCUT2D eigenvalue weighted by Gasteiger charge is 2.79. The fourth-order valence-electron chi connectivity index (χ4n) is 8.94. The van der Waals surface area contributed by atoms with Crippen molar-refractivity contribution in [2.24, 2.45) is 23.2 Å². The molecular formula is C30H36O6S. The van der Waals surface area contributed by atoms with Crippen molar-refractivity contribution in [3.63, 3.8) is 0 Å². The molecule has 1 aromatic carbocycles. The zero-order valence-corrected chi connectivity index (χ0v) is 22.7. The number of hydrogen-bond acceptors (Lipinski definition) is 7. The Morgan fingerprint density at radius 2 is 1.68 bits per heavy atom. The van der Waals surface area contributed by atoms with E-state index in [1.807, 2.05) is 17.5 Å². The number of esters is 3. The highest BCUT2D eigenvalue weighted by Crippen LogP contribution is 2.78. The number of rotatable bonds is 9. The highest BCUT2D eigenvalue weighted by molar-refractivity contribution is 7.10. The molecule has 0 spiro atoms. The van der Waals surface area contributed by atoms with Crippen molar-refractivity contribution in [2.75, 3.05) is 21.3 Å². The van der Waals surface area contributed by atoms with Crippen molar-refractivity contribution < 1.29 is 28.6 Å². The van der Waals surface area contributed by atoms with Crippen LogP contribution in [0, 0.1) is 23.2 Å². The van der Waals surface area contributed by atoms with Gasteiger partial charge >= 0.3 is 17.9 Å². The van der Waals surface area contributed by atoms with Crippen LogP contribution in [-0.4, -0.2) is 39.2 Å². The zero-order chi connectivity index (χ0) is 26.3. The maximum absolute atomic E-state index is 14.0. The van der Waals surface area contributed by atoms with E-state index in [9.17, 15) is 14.4 Å². The van der Waals surface area contributed by atoms with Gasteiger partial charge in [-0.2, -0.15) is 0 Å². The molecule has 6 atom stereocenters. The summed E-state index contributed by atoms with van der Waals surface area (Å²) in [6.07, 6.45) is 5.36. The van der Waals surface area contributed by atoms with Crippen LogP contribution in [0.15, 0.2) is 47.8 Å². The van der Waals surface area contributed by atoms with E-state index in [0.29, 0.717) is 37.5 Å². The molecular weight excluding hydrogens is 488 g/mol. The van der Waals surface area contributed by atoms with Crippen LogP contribution in [0.1, 0.15) is 61.8 Å². The molecule has 4 aliphatic rings. The Morgan fingerprint density at radius 3 is 2.32 bits per heavy atom. The predicted octanol–water partition coefficient (Wildman–Crippen LogP) is 5.44. The Balaban J connectivity index is 1.80. The van der Waals surface area contributed by atoms with Crippen LogP contribution in [0.25, 0.3) is 0 Å². The molecule has 1 aromatic heterocycles. The maximum Gasteiger partial charge on any atom is 0.312 e. The van der Waals surface area contributed by atoms with Gasteiger partial charge in [0.2, 0.25) is 0 Å². The largest absolute Gasteiger partial charge is 0.469 e. The molecule has 2 aromatic rings. The number of benzene rings is 1. The molecule has 4 bridgehead atoms. The second-order valence-electron chi connectivity index (χ2n) is 11.1. The first-order chi connectivity index (χ1) is 17.9. The number of hydrogen-bond donors (Lipinski definition) is 0. The Hall–Kier alpha value is -2.67. The lowest BCUT2D eigenvalue weighted by atomic mass is 9.28. The van der Waals surface area contributed by atoms with Crippen LogP contribution in [0.2, 0.25) is 0 Å². The summed E-state index contributed by atoms with van der Waals surface area (Å²) in [5.74, 6) is 0.124. The van der Waals surface area contributed by atoms with Gasteiger partial charge in [-0.1, -0.05) is 36.4 Å². The summed E-state index contributed by atoms with van der Waals surface area (Å²) < 4.78 is 15.9. The first-order valence-corrected chi connectivity index (χ1v) is 14.1. The van der Waals surface area contributed by atoms with Crippen LogP contribution in [0.4, 0.5) is 0 Å². The van der Waals surface area contributed by atoms with Crippen molar-refractivity contribution in [1.82, 2.24) is 0 Å². The molecule has 6 nitrogen and oxygen atoms in total. The average molecular weight is 525 g/mol. The lowest BCUT2D eigenvalue weighted by molar-refractivity contribution is -0.214. The molecule has 1 heterocycles. The van der Waals surface area contributed by atoms with Gasteiger partial charge in [0.05, 0.1) is 33.2 Å². The van der Waals surface area contributed by atoms with Crippen LogP contribution < -0.4 is 0 Å². The molecule has 4 saturated carbocycles. The van der Waals surface area contributed by atoms with Crippen molar-refractivity contribution in [2.45, 2.75) is 62.2 Å². The van der Waals surface area contributed by atoms with E-state index < -0.39 is 16.2 Å². The van der Waals surface area contributed by atoms with Gasteiger partial charge in [0, 0.05) is 22.1 Å². The molecule has 7 heteroatoms. The maximum atomic E-state index is 14.0. The zero-order valence-electron chi connectivity index (χ0n) is 21.9. The van der Waals surface area contributed by atoms with E-state index in [2.05, 4.69) is 30.3 Å². The Bertz CT molecular complexity index is 1150. The van der Waals surface area contributed by atoms with Gasteiger partial charge in [-0.15, -0.1) is 11.3 Å². The highest BCUT2D eigenvalue weighted by atomic mass is 32.1. The quantitative estimate of drug-likeness (QED) is 0.321. The third kappa shape index (κ3) is 3.68. The van der Waals surface area contributed by atoms with Gasteiger partial charge in [0.25, 0.3) is 0 Å². The molecule has 37 heavy (non-hydrogen) atoms. The van der Waals surface area contributed by atoms with Gasteiger partial charge in [0.1, 0.15) is 0 Å². The van der Waals surface area contributed by atoms with Gasteiger partial charge < -0.3 is 14.2 Å². The first kappa shape index (κ1) is 26.0. The van der Waals surface area contributed by atoms with E-state index in [4.69, 9.17) is 14.2 Å². The van der Waals surface area contributed by atoms with Crippen molar-refractivity contribution in [3.05, 3.63) is 58.3 Å². The Morgan fingerprint density at radius 1 is 0.919 bits per heavy atom. The van der Waals surface area contributed by atoms with Crippen molar-refractivity contribution >= 4 is 29.2 Å². The minimum absolute atomic E-state index is 0.112. The van der Waals surface area contributed by atoms with E-state index in [-0.39, 0.29) is 30.2 Å². The Labute approximate surface area is 222 Å². The van der Waals surface area contributed by atoms with E-state index in [0.717, 1.165) is 29.7 Å². The molecule has 0 radical (unpaired) electrons. The SMILES string of the molecule is COC(=O)CCCC1C2CC3CC(C(=O)OC)(C2)C(CC(=O)OC)(c2cccs2)C1(c1ccccc1)C3. The molecule has 6 unspecified atom stereocenters. The molecule has 4 fully saturated rings. The number of carbonyl (C=O) groups is 3. The molecule has 4 aliphatic carbocycles. The first-order valence-electron chi connectivity index (χ1n) is 13.2. The minimum Gasteiger partial charge on any atom is -0.469 e. The van der Waals surface area contributed by atoms with E-state index in [1.54, 1.807) is 11.3 Å². The van der Waals surface area contributed by atoms with Crippen molar-refractivity contribution in [3.8, 4) is 0 Å². The minimum atomic E-state index is -0.832. The molecule has 6 rings (SSSR count). The molecule has 0 aliphatic heterocycles. The summed E-state index contributed by atoms with van der Waals surface area (Å²) >= 11 is 1.62. The summed E-state index contributed by atoms with van der Waals surface area (Å²) in [5, 5.41) is 2.04. The van der Waals surface area contributed by atoms with Crippen LogP contribution in [-0.2, 0) is 39.4 Å². The fraction of sp³-hybridized carbons (Fsp3) is 0.567. The van der Waals surface area contributed by atoms with Gasteiger partial charge in [-0.05, 0) is 73.3 Å². The van der Waals surface area contributed by atoms with Gasteiger partial charge in [-0.3, -0.25) is 14.4 Å². The standard InChI is InChI=1S/C30H36O6S/c1-34-25(31)13-7-11-23-21-15-20-16-28(18-21,27(33)36-3)30(19-26(32)35-2,24-12-8-14-37-24)29(23,17-20)22-9-5-4-6-10-22/h4-6,8-10,12,14,20-21,23H,7,11,13,15-19H2,1-3H3. The number of ether oxygens (including phenoxy) is 3. The summed E-state index contributed by atoms with van der Waals surface area (Å²) in [5.41, 5.74) is -0.972. The third-order valence-electron chi connectivity index (χ3n) is 9.84. The van der Waals surface area contributed by atoms with Gasteiger partial charge in [-0.25, -0.2) is 0 Å². The van der Waals surface area contributed by atoms with Crippen LogP contribution >= 0.6 is 11.3 Å². The molecule has 198 valence electrons. The summed E-state index contributed by atoms with van der Waals surface area (Å²) in [4.78, 5) is 40.5. The summed E-state index contributed by atoms with van der Waals surface area (Å²) in [7, 11) is 4.32. The van der Waals surface area contributed by atoms with Crippen LogP contribution in [0.5, 0.6) is 0 Å². The van der Waals surface area contributed by atoms with E-state index >= 15 is 0 Å².